The van der Waals surface area contributed by atoms with Crippen molar-refractivity contribution in [1.29, 1.82) is 5.26 Å². The maximum Gasteiger partial charge on any atom is 0.113 e. The molecule has 0 fully saturated rings. The Bertz CT molecular complexity index is 1030. The first-order chi connectivity index (χ1) is 11.4. The summed E-state index contributed by atoms with van der Waals surface area (Å²) in [6.45, 7) is 0. The van der Waals surface area contributed by atoms with Gasteiger partial charge in [-0.3, -0.25) is 4.98 Å². The zero-order valence-electron chi connectivity index (χ0n) is 12.3. The molecule has 2 aromatic heterocycles. The van der Waals surface area contributed by atoms with E-state index in [2.05, 4.69) is 11.1 Å². The summed E-state index contributed by atoms with van der Waals surface area (Å²) in [7, 11) is 0. The molecule has 2 aromatic carbocycles. The van der Waals surface area contributed by atoms with Crippen molar-refractivity contribution in [3.8, 4) is 6.07 Å². The molecular weight excluding hydrogens is 282 g/mol. The summed E-state index contributed by atoms with van der Waals surface area (Å²) in [6, 6.07) is 24.1. The summed E-state index contributed by atoms with van der Waals surface area (Å²) in [5, 5.41) is 11.7. The van der Waals surface area contributed by atoms with Gasteiger partial charge >= 0.3 is 0 Å². The van der Waals surface area contributed by atoms with Crippen LogP contribution < -0.4 is 0 Å². The van der Waals surface area contributed by atoms with Gasteiger partial charge in [0.2, 0.25) is 0 Å². The van der Waals surface area contributed by atoms with Gasteiger partial charge in [-0.15, -0.1) is 0 Å². The van der Waals surface area contributed by atoms with E-state index in [9.17, 15) is 5.26 Å². The molecule has 0 saturated heterocycles. The average molecular weight is 295 g/mol. The van der Waals surface area contributed by atoms with Gasteiger partial charge in [-0.2, -0.15) is 5.26 Å². The fourth-order valence-electron chi connectivity index (χ4n) is 2.86. The van der Waals surface area contributed by atoms with E-state index in [0.717, 1.165) is 33.1 Å². The van der Waals surface area contributed by atoms with E-state index >= 15 is 0 Å². The van der Waals surface area contributed by atoms with Crippen molar-refractivity contribution in [3.05, 3.63) is 84.2 Å². The third kappa shape index (κ3) is 2.31. The smallest absolute Gasteiger partial charge is 0.113 e. The van der Waals surface area contributed by atoms with E-state index in [0.29, 0.717) is 0 Å². The lowest BCUT2D eigenvalue weighted by atomic mass is 9.96. The third-order valence-corrected chi connectivity index (χ3v) is 4.01. The molecule has 0 bridgehead atoms. The van der Waals surface area contributed by atoms with Crippen LogP contribution in [0.1, 0.15) is 17.2 Å². The second-order valence-corrected chi connectivity index (χ2v) is 5.42. The van der Waals surface area contributed by atoms with Crippen LogP contribution in [0.15, 0.2) is 72.9 Å². The summed E-state index contributed by atoms with van der Waals surface area (Å²) in [6.07, 6.45) is 1.77. The standard InChI is InChI=1S/C20H13N3/c21-13-17(14-5-2-1-3-6-14)18-11-10-16-9-8-15-7-4-12-22-19(15)20(16)23-18/h1-12,17H. The van der Waals surface area contributed by atoms with Crippen molar-refractivity contribution in [2.24, 2.45) is 0 Å². The Balaban J connectivity index is 1.94. The maximum atomic E-state index is 9.61. The van der Waals surface area contributed by atoms with Crippen molar-refractivity contribution in [2.75, 3.05) is 0 Å². The Morgan fingerprint density at radius 3 is 2.30 bits per heavy atom. The molecule has 0 aliphatic carbocycles. The van der Waals surface area contributed by atoms with Gasteiger partial charge in [0.15, 0.2) is 0 Å². The number of hydrogen-bond acceptors (Lipinski definition) is 3. The quantitative estimate of drug-likeness (QED) is 0.514. The second-order valence-electron chi connectivity index (χ2n) is 5.42. The number of nitrogens with zero attached hydrogens (tertiary/aromatic N) is 3. The summed E-state index contributed by atoms with van der Waals surface area (Å²) in [5.41, 5.74) is 3.42. The van der Waals surface area contributed by atoms with Crippen molar-refractivity contribution < 1.29 is 0 Å². The van der Waals surface area contributed by atoms with Gasteiger partial charge in [0.25, 0.3) is 0 Å². The van der Waals surface area contributed by atoms with Gasteiger partial charge in [0, 0.05) is 17.0 Å². The fourth-order valence-corrected chi connectivity index (χ4v) is 2.86. The average Bonchev–Trinajstić information content (AvgIpc) is 2.63. The molecule has 0 saturated carbocycles. The largest absolute Gasteiger partial charge is 0.254 e. The Hall–Kier alpha value is -3.25. The van der Waals surface area contributed by atoms with Crippen LogP contribution in [0.25, 0.3) is 21.8 Å². The zero-order chi connectivity index (χ0) is 15.6. The van der Waals surface area contributed by atoms with E-state index in [1.807, 2.05) is 66.7 Å². The summed E-state index contributed by atoms with van der Waals surface area (Å²) >= 11 is 0. The van der Waals surface area contributed by atoms with Crippen molar-refractivity contribution >= 4 is 21.8 Å². The summed E-state index contributed by atoms with van der Waals surface area (Å²) in [5.74, 6) is -0.375. The molecule has 0 aliphatic rings. The summed E-state index contributed by atoms with van der Waals surface area (Å²) < 4.78 is 0. The first-order valence-electron chi connectivity index (χ1n) is 7.46. The highest BCUT2D eigenvalue weighted by Gasteiger charge is 2.15. The molecule has 1 atom stereocenters. The number of hydrogen-bond donors (Lipinski definition) is 0. The molecule has 23 heavy (non-hydrogen) atoms. The van der Waals surface area contributed by atoms with E-state index in [-0.39, 0.29) is 5.92 Å². The normalized spacial score (nSPS) is 12.1. The van der Waals surface area contributed by atoms with Gasteiger partial charge in [-0.25, -0.2) is 4.98 Å². The topological polar surface area (TPSA) is 49.6 Å². The predicted octanol–water partition coefficient (Wildman–Crippen LogP) is 4.44. The fraction of sp³-hybridized carbons (Fsp3) is 0.0500. The molecule has 1 unspecified atom stereocenters. The summed E-state index contributed by atoms with van der Waals surface area (Å²) in [4.78, 5) is 9.23. The zero-order valence-corrected chi connectivity index (χ0v) is 12.3. The van der Waals surface area contributed by atoms with E-state index in [1.165, 1.54) is 0 Å². The first kappa shape index (κ1) is 13.4. The minimum Gasteiger partial charge on any atom is -0.254 e. The van der Waals surface area contributed by atoms with Crippen LogP contribution in [0.2, 0.25) is 0 Å². The minimum absolute atomic E-state index is 0.375. The highest BCUT2D eigenvalue weighted by atomic mass is 14.8. The van der Waals surface area contributed by atoms with Crippen LogP contribution in [0.5, 0.6) is 0 Å². The minimum atomic E-state index is -0.375. The van der Waals surface area contributed by atoms with Crippen LogP contribution in [0.4, 0.5) is 0 Å². The molecule has 3 nitrogen and oxygen atoms in total. The Kier molecular flexibility index (Phi) is 3.21. The van der Waals surface area contributed by atoms with Gasteiger partial charge in [-0.1, -0.05) is 54.6 Å². The van der Waals surface area contributed by atoms with Crippen molar-refractivity contribution in [2.45, 2.75) is 5.92 Å². The van der Waals surface area contributed by atoms with Gasteiger partial charge in [0.1, 0.15) is 5.92 Å². The van der Waals surface area contributed by atoms with Gasteiger partial charge in [0.05, 0.1) is 22.8 Å². The van der Waals surface area contributed by atoms with Crippen LogP contribution in [0.3, 0.4) is 0 Å². The number of nitriles is 1. The lowest BCUT2D eigenvalue weighted by Gasteiger charge is -2.10. The number of benzene rings is 2. The SMILES string of the molecule is N#CC(c1ccccc1)c1ccc2ccc3cccnc3c2n1. The molecule has 2 heterocycles. The second kappa shape index (κ2) is 5.51. The van der Waals surface area contributed by atoms with Crippen LogP contribution in [-0.2, 0) is 0 Å². The van der Waals surface area contributed by atoms with E-state index in [1.54, 1.807) is 6.20 Å². The molecule has 0 spiro atoms. The van der Waals surface area contributed by atoms with Gasteiger partial charge in [-0.05, 0) is 17.7 Å². The van der Waals surface area contributed by atoms with Crippen molar-refractivity contribution in [1.82, 2.24) is 9.97 Å². The number of aromatic nitrogens is 2. The first-order valence-corrected chi connectivity index (χ1v) is 7.46. The molecule has 4 rings (SSSR count). The molecule has 108 valence electrons. The number of fused-ring (bicyclic) bond motifs is 3. The Morgan fingerprint density at radius 2 is 1.52 bits per heavy atom. The lowest BCUT2D eigenvalue weighted by Crippen LogP contribution is -2.01. The molecule has 0 aliphatic heterocycles. The molecule has 0 radical (unpaired) electrons. The van der Waals surface area contributed by atoms with Crippen LogP contribution in [0, 0.1) is 11.3 Å². The molecule has 0 amide bonds. The number of rotatable bonds is 2. The third-order valence-electron chi connectivity index (χ3n) is 4.01. The van der Waals surface area contributed by atoms with E-state index < -0.39 is 0 Å². The Morgan fingerprint density at radius 1 is 0.783 bits per heavy atom. The lowest BCUT2D eigenvalue weighted by molar-refractivity contribution is 0.980. The highest BCUT2D eigenvalue weighted by molar-refractivity contribution is 6.02. The van der Waals surface area contributed by atoms with Crippen LogP contribution >= 0.6 is 0 Å². The molecular formula is C20H13N3. The molecule has 0 N–H and O–H groups in total. The predicted molar refractivity (Wildman–Crippen MR) is 90.9 cm³/mol. The number of pyridine rings is 2. The molecule has 4 aromatic rings. The van der Waals surface area contributed by atoms with E-state index in [4.69, 9.17) is 4.98 Å². The van der Waals surface area contributed by atoms with Crippen molar-refractivity contribution in [3.63, 3.8) is 0 Å². The monoisotopic (exact) mass is 295 g/mol. The highest BCUT2D eigenvalue weighted by Crippen LogP contribution is 2.27. The maximum absolute atomic E-state index is 9.61. The van der Waals surface area contributed by atoms with Gasteiger partial charge < -0.3 is 0 Å². The Labute approximate surface area is 133 Å². The molecule has 3 heteroatoms. The van der Waals surface area contributed by atoms with Crippen LogP contribution in [-0.4, -0.2) is 9.97 Å².